The first-order chi connectivity index (χ1) is 10.3. The van der Waals surface area contributed by atoms with Gasteiger partial charge in [0.05, 0.1) is 0 Å². The van der Waals surface area contributed by atoms with Crippen molar-refractivity contribution in [3.05, 3.63) is 48.0 Å². The Kier molecular flexibility index (Phi) is 3.44. The van der Waals surface area contributed by atoms with E-state index in [2.05, 4.69) is 47.8 Å². The first-order valence-electron chi connectivity index (χ1n) is 8.30. The molecule has 2 unspecified atom stereocenters. The summed E-state index contributed by atoms with van der Waals surface area (Å²) in [6, 6.07) is 17.4. The van der Waals surface area contributed by atoms with Gasteiger partial charge in [0, 0.05) is 24.0 Å². The molecule has 21 heavy (non-hydrogen) atoms. The van der Waals surface area contributed by atoms with E-state index >= 15 is 0 Å². The lowest BCUT2D eigenvalue weighted by Crippen LogP contribution is -2.38. The van der Waals surface area contributed by atoms with Crippen LogP contribution >= 0.6 is 0 Å². The topological polar surface area (TPSA) is 38.0 Å². The van der Waals surface area contributed by atoms with E-state index in [4.69, 9.17) is 5.73 Å². The van der Waals surface area contributed by atoms with Crippen LogP contribution in [-0.2, 0) is 0 Å². The molecule has 0 bridgehead atoms. The summed E-state index contributed by atoms with van der Waals surface area (Å²) in [6.45, 7) is 0. The molecular formula is C19H24N2. The van der Waals surface area contributed by atoms with Crippen LogP contribution in [0.4, 0.5) is 0 Å². The number of benzene rings is 2. The van der Waals surface area contributed by atoms with Gasteiger partial charge in [-0.05, 0) is 48.4 Å². The van der Waals surface area contributed by atoms with Gasteiger partial charge in [-0.25, -0.2) is 0 Å². The second-order valence-corrected chi connectivity index (χ2v) is 6.83. The Morgan fingerprint density at radius 3 is 2.48 bits per heavy atom. The number of hydrogen-bond acceptors (Lipinski definition) is 2. The molecule has 2 aromatic carbocycles. The van der Waals surface area contributed by atoms with Crippen molar-refractivity contribution >= 4 is 10.8 Å². The molecule has 2 aliphatic carbocycles. The van der Waals surface area contributed by atoms with Gasteiger partial charge >= 0.3 is 0 Å². The average Bonchev–Trinajstić information content (AvgIpc) is 3.28. The Balaban J connectivity index is 1.41. The minimum absolute atomic E-state index is 0.443. The quantitative estimate of drug-likeness (QED) is 0.902. The van der Waals surface area contributed by atoms with E-state index < -0.39 is 0 Å². The molecule has 2 saturated carbocycles. The van der Waals surface area contributed by atoms with Crippen LogP contribution in [0.2, 0.25) is 0 Å². The summed E-state index contributed by atoms with van der Waals surface area (Å²) in [5.41, 5.74) is 7.49. The van der Waals surface area contributed by atoms with Crippen LogP contribution in [0.25, 0.3) is 10.8 Å². The third-order valence-corrected chi connectivity index (χ3v) is 5.21. The maximum atomic E-state index is 5.99. The standard InChI is InChI=1S/C19H24N2/c20-16-7-9-17(10-8-16)21-19-12-18(19)15-6-5-13-3-1-2-4-14(13)11-15/h1-6,11,16-19,21H,7-10,12,20H2. The fourth-order valence-corrected chi connectivity index (χ4v) is 3.77. The van der Waals surface area contributed by atoms with Crippen molar-refractivity contribution in [3.63, 3.8) is 0 Å². The molecule has 0 aromatic heterocycles. The number of hydrogen-bond donors (Lipinski definition) is 2. The Morgan fingerprint density at radius 2 is 1.67 bits per heavy atom. The molecule has 2 fully saturated rings. The van der Waals surface area contributed by atoms with Crippen LogP contribution < -0.4 is 11.1 Å². The lowest BCUT2D eigenvalue weighted by Gasteiger charge is -2.27. The van der Waals surface area contributed by atoms with Crippen molar-refractivity contribution in [2.45, 2.75) is 56.1 Å². The molecule has 2 aromatic rings. The normalized spacial score (nSPS) is 32.2. The number of fused-ring (bicyclic) bond motifs is 1. The van der Waals surface area contributed by atoms with Gasteiger partial charge in [0.15, 0.2) is 0 Å². The molecule has 0 saturated heterocycles. The fourth-order valence-electron chi connectivity index (χ4n) is 3.77. The zero-order chi connectivity index (χ0) is 14.2. The summed E-state index contributed by atoms with van der Waals surface area (Å²) < 4.78 is 0. The van der Waals surface area contributed by atoms with Crippen molar-refractivity contribution in [1.29, 1.82) is 0 Å². The Labute approximate surface area is 126 Å². The van der Waals surface area contributed by atoms with Gasteiger partial charge in [-0.3, -0.25) is 0 Å². The summed E-state index contributed by atoms with van der Waals surface area (Å²) in [5, 5.41) is 6.56. The molecular weight excluding hydrogens is 256 g/mol. The molecule has 4 rings (SSSR count). The van der Waals surface area contributed by atoms with Gasteiger partial charge in [-0.15, -0.1) is 0 Å². The van der Waals surface area contributed by atoms with Crippen molar-refractivity contribution in [1.82, 2.24) is 5.32 Å². The Hall–Kier alpha value is -1.38. The molecule has 0 aliphatic heterocycles. The predicted octanol–water partition coefficient (Wildman–Crippen LogP) is 3.56. The van der Waals surface area contributed by atoms with Crippen LogP contribution in [0.1, 0.15) is 43.6 Å². The molecule has 2 aliphatic rings. The van der Waals surface area contributed by atoms with Crippen molar-refractivity contribution in [2.75, 3.05) is 0 Å². The van der Waals surface area contributed by atoms with Crippen LogP contribution in [0.15, 0.2) is 42.5 Å². The van der Waals surface area contributed by atoms with E-state index in [1.807, 2.05) is 0 Å². The van der Waals surface area contributed by atoms with Gasteiger partial charge in [0.25, 0.3) is 0 Å². The molecule has 2 heteroatoms. The highest BCUT2D eigenvalue weighted by atomic mass is 15.0. The molecule has 3 N–H and O–H groups in total. The lowest BCUT2D eigenvalue weighted by molar-refractivity contribution is 0.339. The van der Waals surface area contributed by atoms with E-state index in [9.17, 15) is 0 Å². The average molecular weight is 280 g/mol. The van der Waals surface area contributed by atoms with Crippen LogP contribution in [-0.4, -0.2) is 18.1 Å². The van der Waals surface area contributed by atoms with Crippen LogP contribution in [0, 0.1) is 0 Å². The molecule has 2 nitrogen and oxygen atoms in total. The lowest BCUT2D eigenvalue weighted by atomic mass is 9.92. The number of nitrogens with one attached hydrogen (secondary N) is 1. The third kappa shape index (κ3) is 2.83. The Morgan fingerprint density at radius 1 is 0.905 bits per heavy atom. The van der Waals surface area contributed by atoms with Gasteiger partial charge in [0.1, 0.15) is 0 Å². The highest BCUT2D eigenvalue weighted by Gasteiger charge is 2.39. The van der Waals surface area contributed by atoms with Gasteiger partial charge in [-0.2, -0.15) is 0 Å². The minimum atomic E-state index is 0.443. The Bertz CT molecular complexity index is 628. The highest BCUT2D eigenvalue weighted by molar-refractivity contribution is 5.83. The maximum Gasteiger partial charge on any atom is 0.0145 e. The van der Waals surface area contributed by atoms with E-state index in [0.29, 0.717) is 24.0 Å². The van der Waals surface area contributed by atoms with Gasteiger partial charge in [-0.1, -0.05) is 42.5 Å². The first kappa shape index (κ1) is 13.3. The summed E-state index contributed by atoms with van der Waals surface area (Å²) >= 11 is 0. The molecule has 0 spiro atoms. The maximum absolute atomic E-state index is 5.99. The number of nitrogens with two attached hydrogens (primary N) is 1. The summed E-state index contributed by atoms with van der Waals surface area (Å²) in [6.07, 6.45) is 6.17. The molecule has 0 heterocycles. The first-order valence-corrected chi connectivity index (χ1v) is 8.30. The zero-order valence-electron chi connectivity index (χ0n) is 12.5. The minimum Gasteiger partial charge on any atom is -0.328 e. The molecule has 0 radical (unpaired) electrons. The summed E-state index contributed by atoms with van der Waals surface area (Å²) in [4.78, 5) is 0. The fraction of sp³-hybridized carbons (Fsp3) is 0.474. The number of rotatable bonds is 3. The SMILES string of the molecule is NC1CCC(NC2CC2c2ccc3ccccc3c2)CC1. The van der Waals surface area contributed by atoms with Gasteiger partial charge < -0.3 is 11.1 Å². The largest absolute Gasteiger partial charge is 0.328 e. The summed E-state index contributed by atoms with van der Waals surface area (Å²) in [7, 11) is 0. The highest BCUT2D eigenvalue weighted by Crippen LogP contribution is 2.42. The molecule has 0 amide bonds. The second-order valence-electron chi connectivity index (χ2n) is 6.83. The van der Waals surface area contributed by atoms with Crippen molar-refractivity contribution < 1.29 is 0 Å². The van der Waals surface area contributed by atoms with E-state index in [1.54, 1.807) is 0 Å². The van der Waals surface area contributed by atoms with E-state index in [-0.39, 0.29) is 0 Å². The van der Waals surface area contributed by atoms with Crippen LogP contribution in [0.3, 0.4) is 0 Å². The van der Waals surface area contributed by atoms with Crippen molar-refractivity contribution in [3.8, 4) is 0 Å². The second kappa shape index (κ2) is 5.43. The predicted molar refractivity (Wildman–Crippen MR) is 88.5 cm³/mol. The van der Waals surface area contributed by atoms with Crippen LogP contribution in [0.5, 0.6) is 0 Å². The smallest absolute Gasteiger partial charge is 0.0145 e. The third-order valence-electron chi connectivity index (χ3n) is 5.21. The zero-order valence-corrected chi connectivity index (χ0v) is 12.5. The summed E-state index contributed by atoms with van der Waals surface area (Å²) in [5.74, 6) is 0.713. The van der Waals surface area contributed by atoms with Gasteiger partial charge in [0.2, 0.25) is 0 Å². The molecule has 2 atom stereocenters. The van der Waals surface area contributed by atoms with Crippen molar-refractivity contribution in [2.24, 2.45) is 5.73 Å². The molecule has 110 valence electrons. The monoisotopic (exact) mass is 280 g/mol. The van der Waals surface area contributed by atoms with E-state index in [0.717, 1.165) is 0 Å². The van der Waals surface area contributed by atoms with E-state index in [1.165, 1.54) is 48.4 Å².